The second-order valence-corrected chi connectivity index (χ2v) is 18.2. The van der Waals surface area contributed by atoms with Crippen molar-refractivity contribution in [3.63, 3.8) is 0 Å². The van der Waals surface area contributed by atoms with Crippen molar-refractivity contribution in [2.45, 2.75) is 38.5 Å². The maximum absolute atomic E-state index is 2.49. The monoisotopic (exact) mass is 794 g/mol. The summed E-state index contributed by atoms with van der Waals surface area (Å²) in [6.07, 6.45) is 0. The molecule has 0 aliphatic heterocycles. The Morgan fingerprint density at radius 3 is 1.35 bits per heavy atom. The Balaban J connectivity index is 1.06. The second kappa shape index (κ2) is 13.5. The van der Waals surface area contributed by atoms with Crippen LogP contribution in [0.25, 0.3) is 72.0 Å². The first-order valence-corrected chi connectivity index (χ1v) is 21.8. The van der Waals surface area contributed by atoms with Gasteiger partial charge in [-0.3, -0.25) is 0 Å². The molecule has 2 heteroatoms. The Kier molecular flexibility index (Phi) is 7.96. The van der Waals surface area contributed by atoms with E-state index in [2.05, 4.69) is 243 Å². The highest BCUT2D eigenvalue weighted by Crippen LogP contribution is 2.53. The molecule has 62 heavy (non-hydrogen) atoms. The lowest BCUT2D eigenvalue weighted by atomic mass is 9.82. The summed E-state index contributed by atoms with van der Waals surface area (Å²) in [6.45, 7) is 9.49. The van der Waals surface area contributed by atoms with Gasteiger partial charge in [-0.15, -0.1) is 0 Å². The number of benzene rings is 9. The first-order valence-electron chi connectivity index (χ1n) is 21.8. The number of hydrogen-bond donors (Lipinski definition) is 0. The largest absolute Gasteiger partial charge is 0.310 e. The molecule has 0 saturated carbocycles. The van der Waals surface area contributed by atoms with E-state index in [-0.39, 0.29) is 10.8 Å². The average molecular weight is 795 g/mol. The Hall–Kier alpha value is -7.42. The molecule has 0 amide bonds. The number of fused-ring (bicyclic) bond motifs is 9. The highest BCUT2D eigenvalue weighted by atomic mass is 15.1. The van der Waals surface area contributed by atoms with Gasteiger partial charge in [-0.1, -0.05) is 173 Å². The van der Waals surface area contributed by atoms with Crippen molar-refractivity contribution in [1.82, 2.24) is 4.57 Å². The molecule has 10 aromatic rings. The average Bonchev–Trinajstić information content (AvgIpc) is 3.86. The minimum absolute atomic E-state index is 0.129. The van der Waals surface area contributed by atoms with Crippen LogP contribution in [0.4, 0.5) is 17.1 Å². The summed E-state index contributed by atoms with van der Waals surface area (Å²) in [5, 5.41) is 2.53. The molecule has 296 valence electrons. The van der Waals surface area contributed by atoms with Crippen LogP contribution in [0.1, 0.15) is 49.9 Å². The minimum Gasteiger partial charge on any atom is -0.310 e. The maximum Gasteiger partial charge on any atom is 0.0541 e. The van der Waals surface area contributed by atoms with E-state index < -0.39 is 0 Å². The Labute approximate surface area is 364 Å². The molecule has 0 N–H and O–H groups in total. The van der Waals surface area contributed by atoms with Gasteiger partial charge in [0.15, 0.2) is 0 Å². The molecular formula is C60H46N2. The van der Waals surface area contributed by atoms with Crippen molar-refractivity contribution in [3.8, 4) is 50.2 Å². The van der Waals surface area contributed by atoms with Gasteiger partial charge in [-0.2, -0.15) is 0 Å². The quantitative estimate of drug-likeness (QED) is 0.163. The third-order valence-electron chi connectivity index (χ3n) is 14.0. The fourth-order valence-electron chi connectivity index (χ4n) is 10.9. The van der Waals surface area contributed by atoms with E-state index in [1.165, 1.54) is 88.6 Å². The molecule has 2 aliphatic rings. The molecule has 0 saturated heterocycles. The molecule has 2 aliphatic carbocycles. The molecule has 1 aromatic heterocycles. The minimum atomic E-state index is -0.129. The molecule has 0 atom stereocenters. The standard InChI is InChI=1S/C60H46N2/c1-59(2)53-25-12-8-21-46(53)48-33-30-43(37-55(48)59)61(44-31-34-49-47-22-9-13-26-54(47)60(3,4)56(49)38-44)42-29-32-45(52(36-42)39-17-6-5-7-18-39)40-19-16-20-41(35-40)62-57-27-14-10-23-50(57)51-24-11-15-28-58(51)62/h5-38H,1-4H3. The van der Waals surface area contributed by atoms with Gasteiger partial charge in [0.25, 0.3) is 0 Å². The zero-order valence-corrected chi connectivity index (χ0v) is 35.5. The van der Waals surface area contributed by atoms with Crippen LogP contribution in [0.5, 0.6) is 0 Å². The third-order valence-corrected chi connectivity index (χ3v) is 14.0. The topological polar surface area (TPSA) is 8.17 Å². The van der Waals surface area contributed by atoms with Crippen molar-refractivity contribution in [2.75, 3.05) is 4.90 Å². The van der Waals surface area contributed by atoms with Crippen molar-refractivity contribution < 1.29 is 0 Å². The van der Waals surface area contributed by atoms with Crippen LogP contribution >= 0.6 is 0 Å². The summed E-state index contributed by atoms with van der Waals surface area (Å²) in [7, 11) is 0. The van der Waals surface area contributed by atoms with Gasteiger partial charge in [0, 0.05) is 44.4 Å². The molecule has 0 fully saturated rings. The van der Waals surface area contributed by atoms with Crippen LogP contribution in [0, 0.1) is 0 Å². The number of rotatable bonds is 6. The Morgan fingerprint density at radius 1 is 0.323 bits per heavy atom. The van der Waals surface area contributed by atoms with Crippen LogP contribution in [0.15, 0.2) is 206 Å². The molecule has 1 heterocycles. The fourth-order valence-corrected chi connectivity index (χ4v) is 10.9. The zero-order valence-electron chi connectivity index (χ0n) is 35.5. The van der Waals surface area contributed by atoms with E-state index >= 15 is 0 Å². The summed E-state index contributed by atoms with van der Waals surface area (Å²) >= 11 is 0. The molecule has 9 aromatic carbocycles. The van der Waals surface area contributed by atoms with Crippen LogP contribution in [-0.4, -0.2) is 4.57 Å². The molecule has 2 nitrogen and oxygen atoms in total. The predicted molar refractivity (Wildman–Crippen MR) is 261 cm³/mol. The van der Waals surface area contributed by atoms with E-state index in [0.717, 1.165) is 22.7 Å². The lowest BCUT2D eigenvalue weighted by Crippen LogP contribution is -2.18. The molecule has 0 unspecified atom stereocenters. The number of anilines is 3. The van der Waals surface area contributed by atoms with Gasteiger partial charge in [-0.25, -0.2) is 0 Å². The maximum atomic E-state index is 2.49. The number of hydrogen-bond acceptors (Lipinski definition) is 1. The SMILES string of the molecule is CC1(C)c2ccccc2-c2ccc(N(c3ccc(-c4cccc(-n5c6ccccc6c6ccccc65)c4)c(-c4ccccc4)c3)c3ccc4c(c3)C(C)(C)c3ccccc3-4)cc21. The lowest BCUT2D eigenvalue weighted by Gasteiger charge is -2.30. The molecule has 12 rings (SSSR count). The van der Waals surface area contributed by atoms with Gasteiger partial charge in [0.2, 0.25) is 0 Å². The van der Waals surface area contributed by atoms with E-state index in [0.29, 0.717) is 0 Å². The first kappa shape index (κ1) is 36.4. The van der Waals surface area contributed by atoms with Gasteiger partial charge < -0.3 is 9.47 Å². The van der Waals surface area contributed by atoms with Crippen molar-refractivity contribution >= 4 is 38.9 Å². The van der Waals surface area contributed by atoms with Crippen LogP contribution in [0.3, 0.4) is 0 Å². The fraction of sp³-hybridized carbons (Fsp3) is 0.100. The second-order valence-electron chi connectivity index (χ2n) is 18.2. The summed E-state index contributed by atoms with van der Waals surface area (Å²) in [5.74, 6) is 0. The van der Waals surface area contributed by atoms with Gasteiger partial charge >= 0.3 is 0 Å². The highest BCUT2D eigenvalue weighted by Gasteiger charge is 2.38. The summed E-state index contributed by atoms with van der Waals surface area (Å²) in [6, 6.07) is 76.6. The molecule has 0 spiro atoms. The normalized spacial score (nSPS) is 14.1. The molecule has 0 bridgehead atoms. The third kappa shape index (κ3) is 5.36. The smallest absolute Gasteiger partial charge is 0.0541 e. The first-order chi connectivity index (χ1) is 30.3. The van der Waals surface area contributed by atoms with Gasteiger partial charge in [0.05, 0.1) is 11.0 Å². The Bertz CT molecular complexity index is 3260. The van der Waals surface area contributed by atoms with Crippen LogP contribution in [-0.2, 0) is 10.8 Å². The summed E-state index contributed by atoms with van der Waals surface area (Å²) in [5.41, 5.74) is 22.3. The van der Waals surface area contributed by atoms with Gasteiger partial charge in [0.1, 0.15) is 0 Å². The molecule has 0 radical (unpaired) electrons. The summed E-state index contributed by atoms with van der Waals surface area (Å²) in [4.78, 5) is 2.49. The lowest BCUT2D eigenvalue weighted by molar-refractivity contribution is 0.660. The van der Waals surface area contributed by atoms with E-state index in [9.17, 15) is 0 Å². The number of aromatic nitrogens is 1. The molecular weight excluding hydrogens is 749 g/mol. The van der Waals surface area contributed by atoms with E-state index in [4.69, 9.17) is 0 Å². The van der Waals surface area contributed by atoms with Crippen molar-refractivity contribution in [3.05, 3.63) is 229 Å². The van der Waals surface area contributed by atoms with Crippen molar-refractivity contribution in [1.29, 1.82) is 0 Å². The Morgan fingerprint density at radius 2 is 0.774 bits per heavy atom. The highest BCUT2D eigenvalue weighted by molar-refractivity contribution is 6.09. The van der Waals surface area contributed by atoms with E-state index in [1.54, 1.807) is 0 Å². The zero-order chi connectivity index (χ0) is 41.7. The summed E-state index contributed by atoms with van der Waals surface area (Å²) < 4.78 is 2.41. The van der Waals surface area contributed by atoms with Crippen LogP contribution < -0.4 is 4.90 Å². The number of para-hydroxylation sites is 2. The number of nitrogens with zero attached hydrogens (tertiary/aromatic N) is 2. The van der Waals surface area contributed by atoms with E-state index in [1.807, 2.05) is 0 Å². The van der Waals surface area contributed by atoms with Gasteiger partial charge in [-0.05, 0) is 127 Å². The van der Waals surface area contributed by atoms with Crippen molar-refractivity contribution in [2.24, 2.45) is 0 Å². The predicted octanol–water partition coefficient (Wildman–Crippen LogP) is 16.2. The van der Waals surface area contributed by atoms with Crippen LogP contribution in [0.2, 0.25) is 0 Å².